The third-order valence-electron chi connectivity index (χ3n) is 3.55. The summed E-state index contributed by atoms with van der Waals surface area (Å²) >= 11 is 0. The zero-order chi connectivity index (χ0) is 7.31. The lowest BCUT2D eigenvalue weighted by Gasteiger charge is -2.47. The first-order chi connectivity index (χ1) is 5.41. The lowest BCUT2D eigenvalue weighted by Crippen LogP contribution is -2.52. The van der Waals surface area contributed by atoms with Gasteiger partial charge in [0.05, 0.1) is 13.2 Å². The fourth-order valence-electron chi connectivity index (χ4n) is 3.02. The molecule has 0 N–H and O–H groups in total. The first kappa shape index (κ1) is 8.45. The predicted octanol–water partition coefficient (Wildman–Crippen LogP) is 1.70. The fourth-order valence-corrected chi connectivity index (χ4v) is 3.02. The minimum atomic E-state index is -0.0822. The Hall–Kier alpha value is -0.150. The number of hydrogen-bond acceptors (Lipinski definition) is 2. The molecule has 0 bridgehead atoms. The molecular weight excluding hydrogens is 159 g/mol. The highest BCUT2D eigenvalue weighted by Crippen LogP contribution is 2.57. The summed E-state index contributed by atoms with van der Waals surface area (Å²) < 4.78 is 11.3. The van der Waals surface area contributed by atoms with Crippen LogP contribution in [0.1, 0.15) is 25.7 Å². The molecule has 1 aliphatic heterocycles. The van der Waals surface area contributed by atoms with Crippen LogP contribution >= 0.6 is 0 Å². The van der Waals surface area contributed by atoms with Gasteiger partial charge in [-0.05, 0) is 18.8 Å². The van der Waals surface area contributed by atoms with Gasteiger partial charge in [-0.15, -0.1) is 0 Å². The molecule has 3 aliphatic rings. The van der Waals surface area contributed by atoms with E-state index < -0.39 is 0 Å². The van der Waals surface area contributed by atoms with E-state index in [1.54, 1.807) is 0 Å². The van der Waals surface area contributed by atoms with E-state index in [0.717, 1.165) is 25.0 Å². The van der Waals surface area contributed by atoms with Gasteiger partial charge in [-0.2, -0.15) is 0 Å². The van der Waals surface area contributed by atoms with Gasteiger partial charge in [0.15, 0.2) is 5.79 Å². The lowest BCUT2D eigenvalue weighted by molar-refractivity contribution is -0.267. The number of hydrogen-bond donors (Lipinski definition) is 0. The van der Waals surface area contributed by atoms with E-state index in [2.05, 4.69) is 0 Å². The molecule has 0 unspecified atom stereocenters. The van der Waals surface area contributed by atoms with Crippen molar-refractivity contribution in [1.82, 2.24) is 0 Å². The highest BCUT2D eigenvalue weighted by atomic mass is 19.0. The van der Waals surface area contributed by atoms with Crippen LogP contribution in [0, 0.1) is 11.8 Å². The Morgan fingerprint density at radius 3 is 2.50 bits per heavy atom. The molecule has 0 aromatic heterocycles. The highest BCUT2D eigenvalue weighted by Gasteiger charge is 2.59. The number of ether oxygens (including phenoxy) is 2. The van der Waals surface area contributed by atoms with Crippen LogP contribution in [-0.2, 0) is 9.47 Å². The SMILES string of the molecule is C1C[C@@H]2CC3(OCCO3)[C@@H]2C1.F. The van der Waals surface area contributed by atoms with Crippen LogP contribution in [0.4, 0.5) is 4.70 Å². The van der Waals surface area contributed by atoms with Crippen molar-refractivity contribution in [3.8, 4) is 0 Å². The molecule has 0 amide bonds. The van der Waals surface area contributed by atoms with Gasteiger partial charge in [-0.25, -0.2) is 0 Å². The van der Waals surface area contributed by atoms with E-state index in [-0.39, 0.29) is 10.5 Å². The summed E-state index contributed by atoms with van der Waals surface area (Å²) in [7, 11) is 0. The van der Waals surface area contributed by atoms with E-state index in [4.69, 9.17) is 9.47 Å². The standard InChI is InChI=1S/C9H14O2.FH/c1-2-7-6-9(8(7)3-1)10-4-5-11-9;/h7-8H,1-6H2;1H/t7-,8-;/m1./s1. The van der Waals surface area contributed by atoms with Crippen LogP contribution in [0.2, 0.25) is 0 Å². The lowest BCUT2D eigenvalue weighted by atomic mass is 9.70. The normalized spacial score (nSPS) is 42.0. The smallest absolute Gasteiger partial charge is 0.171 e. The molecule has 2 aliphatic carbocycles. The second-order valence-corrected chi connectivity index (χ2v) is 4.01. The minimum Gasteiger partial charge on any atom is -0.347 e. The third-order valence-corrected chi connectivity index (χ3v) is 3.55. The van der Waals surface area contributed by atoms with Crippen molar-refractivity contribution < 1.29 is 14.2 Å². The molecule has 3 fully saturated rings. The topological polar surface area (TPSA) is 18.5 Å². The number of halogens is 1. The zero-order valence-corrected chi connectivity index (χ0v) is 7.12. The van der Waals surface area contributed by atoms with Crippen LogP contribution in [0.5, 0.6) is 0 Å². The van der Waals surface area contributed by atoms with Crippen LogP contribution in [0.3, 0.4) is 0 Å². The van der Waals surface area contributed by atoms with E-state index in [0.29, 0.717) is 0 Å². The van der Waals surface area contributed by atoms with Crippen molar-refractivity contribution in [2.75, 3.05) is 13.2 Å². The van der Waals surface area contributed by atoms with Gasteiger partial charge >= 0.3 is 0 Å². The van der Waals surface area contributed by atoms with E-state index >= 15 is 0 Å². The zero-order valence-electron chi connectivity index (χ0n) is 7.12. The largest absolute Gasteiger partial charge is 0.347 e. The van der Waals surface area contributed by atoms with Crippen molar-refractivity contribution in [1.29, 1.82) is 0 Å². The first-order valence-corrected chi connectivity index (χ1v) is 4.69. The summed E-state index contributed by atoms with van der Waals surface area (Å²) in [6.45, 7) is 1.65. The van der Waals surface area contributed by atoms with Crippen LogP contribution in [0.15, 0.2) is 0 Å². The van der Waals surface area contributed by atoms with Crippen LogP contribution in [-0.4, -0.2) is 19.0 Å². The molecule has 1 saturated heterocycles. The van der Waals surface area contributed by atoms with Gasteiger partial charge in [0.25, 0.3) is 0 Å². The summed E-state index contributed by atoms with van der Waals surface area (Å²) in [4.78, 5) is 0. The molecule has 12 heavy (non-hydrogen) atoms. The molecule has 1 heterocycles. The van der Waals surface area contributed by atoms with Gasteiger partial charge in [0.1, 0.15) is 0 Å². The molecule has 3 heteroatoms. The van der Waals surface area contributed by atoms with Crippen molar-refractivity contribution >= 4 is 0 Å². The Bertz CT molecular complexity index is 177. The van der Waals surface area contributed by atoms with Crippen molar-refractivity contribution in [3.63, 3.8) is 0 Å². The molecule has 0 radical (unpaired) electrons. The summed E-state index contributed by atoms with van der Waals surface area (Å²) in [5.74, 6) is 1.61. The maximum atomic E-state index is 5.67. The average molecular weight is 174 g/mol. The summed E-state index contributed by atoms with van der Waals surface area (Å²) in [6.07, 6.45) is 5.32. The Labute approximate surface area is 71.6 Å². The number of rotatable bonds is 0. The van der Waals surface area contributed by atoms with E-state index in [1.165, 1.54) is 25.7 Å². The van der Waals surface area contributed by atoms with Crippen molar-refractivity contribution in [2.45, 2.75) is 31.5 Å². The van der Waals surface area contributed by atoms with E-state index in [1.807, 2.05) is 0 Å². The maximum Gasteiger partial charge on any atom is 0.171 e. The second-order valence-electron chi connectivity index (χ2n) is 4.01. The van der Waals surface area contributed by atoms with Gasteiger partial charge in [-0.1, -0.05) is 6.42 Å². The number of fused-ring (bicyclic) bond motifs is 2. The highest BCUT2D eigenvalue weighted by molar-refractivity contribution is 5.02. The summed E-state index contributed by atoms with van der Waals surface area (Å²) in [5.41, 5.74) is 0. The Morgan fingerprint density at radius 1 is 1.08 bits per heavy atom. The molecule has 2 nitrogen and oxygen atoms in total. The molecule has 2 atom stereocenters. The van der Waals surface area contributed by atoms with Crippen molar-refractivity contribution in [3.05, 3.63) is 0 Å². The quantitative estimate of drug-likeness (QED) is 0.556. The molecule has 0 aromatic rings. The van der Waals surface area contributed by atoms with E-state index in [9.17, 15) is 0 Å². The molecule has 0 aromatic carbocycles. The van der Waals surface area contributed by atoms with Gasteiger partial charge in [-0.3, -0.25) is 4.70 Å². The van der Waals surface area contributed by atoms with Crippen LogP contribution < -0.4 is 0 Å². The summed E-state index contributed by atoms with van der Waals surface area (Å²) in [6, 6.07) is 0. The molecule has 2 saturated carbocycles. The van der Waals surface area contributed by atoms with Gasteiger partial charge < -0.3 is 9.47 Å². The maximum absolute atomic E-state index is 5.67. The predicted molar refractivity (Wildman–Crippen MR) is 42.6 cm³/mol. The first-order valence-electron chi connectivity index (χ1n) is 4.69. The Morgan fingerprint density at radius 2 is 1.83 bits per heavy atom. The summed E-state index contributed by atoms with van der Waals surface area (Å²) in [5, 5.41) is 0. The Kier molecular flexibility index (Phi) is 1.88. The fraction of sp³-hybridized carbons (Fsp3) is 1.00. The molecule has 3 rings (SSSR count). The average Bonchev–Trinajstić information content (AvgIpc) is 2.52. The molecular formula is C9H15FO2. The monoisotopic (exact) mass is 174 g/mol. The molecule has 70 valence electrons. The Balaban J connectivity index is 0.000000563. The van der Waals surface area contributed by atoms with Crippen LogP contribution in [0.25, 0.3) is 0 Å². The van der Waals surface area contributed by atoms with Gasteiger partial charge in [0.2, 0.25) is 0 Å². The minimum absolute atomic E-state index is 0. The van der Waals surface area contributed by atoms with Gasteiger partial charge in [0, 0.05) is 12.3 Å². The second kappa shape index (κ2) is 2.67. The van der Waals surface area contributed by atoms with Crippen molar-refractivity contribution in [2.24, 2.45) is 11.8 Å². The third kappa shape index (κ3) is 0.866. The molecule has 1 spiro atoms.